The van der Waals surface area contributed by atoms with Gasteiger partial charge in [-0.25, -0.2) is 0 Å². The van der Waals surface area contributed by atoms with Gasteiger partial charge in [0.05, 0.1) is 5.92 Å². The van der Waals surface area contributed by atoms with Crippen molar-refractivity contribution in [3.63, 3.8) is 0 Å². The van der Waals surface area contributed by atoms with Crippen LogP contribution in [-0.2, 0) is 4.79 Å². The van der Waals surface area contributed by atoms with E-state index >= 15 is 0 Å². The van der Waals surface area contributed by atoms with Gasteiger partial charge < -0.3 is 10.6 Å². The summed E-state index contributed by atoms with van der Waals surface area (Å²) in [5, 5.41) is 6.72. The topological polar surface area (TPSA) is 41.1 Å². The summed E-state index contributed by atoms with van der Waals surface area (Å²) in [6.07, 6.45) is 9.72. The third-order valence-corrected chi connectivity index (χ3v) is 4.85. The number of anilines is 1. The quantitative estimate of drug-likeness (QED) is 0.868. The van der Waals surface area contributed by atoms with E-state index in [4.69, 9.17) is 0 Å². The van der Waals surface area contributed by atoms with E-state index in [1.807, 2.05) is 12.1 Å². The van der Waals surface area contributed by atoms with Crippen LogP contribution in [0.15, 0.2) is 24.3 Å². The number of benzene rings is 1. The molecule has 1 fully saturated rings. The predicted molar refractivity (Wildman–Crippen MR) is 86.5 cm³/mol. The SMILES string of the molecule is O=C(NC1CCCCCCC1)C1CCNc2ccccc21. The molecule has 3 rings (SSSR count). The maximum Gasteiger partial charge on any atom is 0.227 e. The average molecular weight is 286 g/mol. The van der Waals surface area contributed by atoms with Gasteiger partial charge >= 0.3 is 0 Å². The summed E-state index contributed by atoms with van der Waals surface area (Å²) in [6.45, 7) is 0.889. The van der Waals surface area contributed by atoms with Gasteiger partial charge in [0.1, 0.15) is 0 Å². The molecule has 1 unspecified atom stereocenters. The number of fused-ring (bicyclic) bond motifs is 1. The number of amides is 1. The van der Waals surface area contributed by atoms with Gasteiger partial charge in [0.2, 0.25) is 5.91 Å². The molecule has 3 heteroatoms. The van der Waals surface area contributed by atoms with Crippen LogP contribution >= 0.6 is 0 Å². The van der Waals surface area contributed by atoms with E-state index < -0.39 is 0 Å². The summed E-state index contributed by atoms with van der Waals surface area (Å²) < 4.78 is 0. The van der Waals surface area contributed by atoms with Gasteiger partial charge in [-0.15, -0.1) is 0 Å². The first kappa shape index (κ1) is 14.4. The highest BCUT2D eigenvalue weighted by atomic mass is 16.1. The standard InChI is InChI=1S/C18H26N2O/c21-18(20-14-8-4-2-1-3-5-9-14)16-12-13-19-17-11-7-6-10-15(16)17/h6-7,10-11,14,16,19H,1-5,8-9,12-13H2,(H,20,21). The molecule has 1 aliphatic heterocycles. The molecular weight excluding hydrogens is 260 g/mol. The second-order valence-electron chi connectivity index (χ2n) is 6.41. The molecule has 2 N–H and O–H groups in total. The van der Waals surface area contributed by atoms with Crippen molar-refractivity contribution < 1.29 is 4.79 Å². The Kier molecular flexibility index (Phi) is 4.79. The molecule has 1 aromatic rings. The Bertz CT molecular complexity index is 478. The first-order valence-electron chi connectivity index (χ1n) is 8.48. The zero-order chi connectivity index (χ0) is 14.5. The lowest BCUT2D eigenvalue weighted by molar-refractivity contribution is -0.123. The van der Waals surface area contributed by atoms with Gasteiger partial charge in [0, 0.05) is 18.3 Å². The zero-order valence-corrected chi connectivity index (χ0v) is 12.7. The van der Waals surface area contributed by atoms with E-state index in [9.17, 15) is 4.79 Å². The van der Waals surface area contributed by atoms with Crippen LogP contribution in [0.5, 0.6) is 0 Å². The Hall–Kier alpha value is -1.51. The van der Waals surface area contributed by atoms with E-state index in [-0.39, 0.29) is 11.8 Å². The molecule has 0 radical (unpaired) electrons. The van der Waals surface area contributed by atoms with Crippen LogP contribution in [0.25, 0.3) is 0 Å². The molecular formula is C18H26N2O. The fourth-order valence-electron chi connectivity index (χ4n) is 3.64. The summed E-state index contributed by atoms with van der Waals surface area (Å²) >= 11 is 0. The fraction of sp³-hybridized carbons (Fsp3) is 0.611. The maximum absolute atomic E-state index is 12.7. The molecule has 2 aliphatic rings. The highest BCUT2D eigenvalue weighted by Gasteiger charge is 2.27. The van der Waals surface area contributed by atoms with Crippen molar-refractivity contribution in [1.29, 1.82) is 0 Å². The number of carbonyl (C=O) groups is 1. The summed E-state index contributed by atoms with van der Waals surface area (Å²) in [6, 6.07) is 8.61. The zero-order valence-electron chi connectivity index (χ0n) is 12.7. The summed E-state index contributed by atoms with van der Waals surface area (Å²) in [5.74, 6) is 0.252. The van der Waals surface area contributed by atoms with Gasteiger partial charge in [0.25, 0.3) is 0 Å². The van der Waals surface area contributed by atoms with Crippen molar-refractivity contribution in [3.8, 4) is 0 Å². The number of carbonyl (C=O) groups excluding carboxylic acids is 1. The van der Waals surface area contributed by atoms with Crippen LogP contribution in [-0.4, -0.2) is 18.5 Å². The molecule has 0 saturated heterocycles. The lowest BCUT2D eigenvalue weighted by Gasteiger charge is -2.28. The Morgan fingerprint density at radius 1 is 1.00 bits per heavy atom. The van der Waals surface area contributed by atoms with Gasteiger partial charge in [0.15, 0.2) is 0 Å². The van der Waals surface area contributed by atoms with Gasteiger partial charge in [-0.3, -0.25) is 4.79 Å². The van der Waals surface area contributed by atoms with Crippen molar-refractivity contribution in [2.75, 3.05) is 11.9 Å². The van der Waals surface area contributed by atoms with E-state index in [1.165, 1.54) is 32.1 Å². The number of rotatable bonds is 2. The molecule has 1 aliphatic carbocycles. The molecule has 1 atom stereocenters. The summed E-state index contributed by atoms with van der Waals surface area (Å²) in [4.78, 5) is 12.7. The van der Waals surface area contributed by atoms with Crippen molar-refractivity contribution in [2.45, 2.75) is 63.3 Å². The van der Waals surface area contributed by atoms with Crippen molar-refractivity contribution >= 4 is 11.6 Å². The van der Waals surface area contributed by atoms with Gasteiger partial charge in [-0.2, -0.15) is 0 Å². The summed E-state index contributed by atoms with van der Waals surface area (Å²) in [5.41, 5.74) is 2.29. The van der Waals surface area contributed by atoms with Crippen LogP contribution in [0.4, 0.5) is 5.69 Å². The number of hydrogen-bond donors (Lipinski definition) is 2. The minimum absolute atomic E-state index is 0.0212. The molecule has 1 aromatic carbocycles. The highest BCUT2D eigenvalue weighted by molar-refractivity contribution is 5.86. The van der Waals surface area contributed by atoms with Crippen molar-refractivity contribution in [2.24, 2.45) is 0 Å². The van der Waals surface area contributed by atoms with Crippen LogP contribution < -0.4 is 10.6 Å². The number of hydrogen-bond acceptors (Lipinski definition) is 2. The Morgan fingerprint density at radius 2 is 1.71 bits per heavy atom. The monoisotopic (exact) mass is 286 g/mol. The van der Waals surface area contributed by atoms with E-state index in [0.29, 0.717) is 6.04 Å². The normalized spacial score (nSPS) is 23.3. The van der Waals surface area contributed by atoms with Crippen molar-refractivity contribution in [3.05, 3.63) is 29.8 Å². The second-order valence-corrected chi connectivity index (χ2v) is 6.41. The third-order valence-electron chi connectivity index (χ3n) is 4.85. The highest BCUT2D eigenvalue weighted by Crippen LogP contribution is 2.31. The average Bonchev–Trinajstić information content (AvgIpc) is 2.49. The molecule has 3 nitrogen and oxygen atoms in total. The first-order valence-corrected chi connectivity index (χ1v) is 8.48. The summed E-state index contributed by atoms with van der Waals surface area (Å²) in [7, 11) is 0. The van der Waals surface area contributed by atoms with Crippen LogP contribution in [0, 0.1) is 0 Å². The molecule has 0 aromatic heterocycles. The van der Waals surface area contributed by atoms with Gasteiger partial charge in [-0.1, -0.05) is 50.3 Å². The molecule has 21 heavy (non-hydrogen) atoms. The van der Waals surface area contributed by atoms with E-state index in [2.05, 4.69) is 22.8 Å². The van der Waals surface area contributed by atoms with Crippen LogP contribution in [0.3, 0.4) is 0 Å². The molecule has 114 valence electrons. The Labute approximate surface area is 127 Å². The van der Waals surface area contributed by atoms with E-state index in [1.54, 1.807) is 0 Å². The molecule has 0 bridgehead atoms. The van der Waals surface area contributed by atoms with Crippen molar-refractivity contribution in [1.82, 2.24) is 5.32 Å². The Balaban J connectivity index is 1.65. The second kappa shape index (κ2) is 6.97. The number of nitrogens with one attached hydrogen (secondary N) is 2. The molecule has 1 amide bonds. The number of para-hydroxylation sites is 1. The molecule has 1 saturated carbocycles. The van der Waals surface area contributed by atoms with E-state index in [0.717, 1.165) is 37.1 Å². The minimum atomic E-state index is 0.0212. The van der Waals surface area contributed by atoms with Gasteiger partial charge in [-0.05, 0) is 30.9 Å². The fourth-order valence-corrected chi connectivity index (χ4v) is 3.64. The van der Waals surface area contributed by atoms with Crippen LogP contribution in [0.1, 0.15) is 62.8 Å². The predicted octanol–water partition coefficient (Wildman–Crippen LogP) is 3.81. The lowest BCUT2D eigenvalue weighted by Crippen LogP contribution is -2.40. The lowest BCUT2D eigenvalue weighted by atomic mass is 9.89. The Morgan fingerprint density at radius 3 is 2.52 bits per heavy atom. The first-order chi connectivity index (χ1) is 10.3. The molecule has 0 spiro atoms. The minimum Gasteiger partial charge on any atom is -0.385 e. The maximum atomic E-state index is 12.7. The largest absolute Gasteiger partial charge is 0.385 e. The smallest absolute Gasteiger partial charge is 0.227 e. The van der Waals surface area contributed by atoms with Crippen LogP contribution in [0.2, 0.25) is 0 Å². The third kappa shape index (κ3) is 3.58. The molecule has 1 heterocycles.